The van der Waals surface area contributed by atoms with Crippen LogP contribution in [-0.4, -0.2) is 11.2 Å². The van der Waals surface area contributed by atoms with Gasteiger partial charge in [0.1, 0.15) is 0 Å². The van der Waals surface area contributed by atoms with Crippen LogP contribution in [0, 0.1) is 11.8 Å². The van der Waals surface area contributed by atoms with E-state index in [0.717, 1.165) is 12.3 Å². The van der Waals surface area contributed by atoms with Crippen molar-refractivity contribution in [3.8, 4) is 0 Å². The minimum atomic E-state index is 0.0219. The van der Waals surface area contributed by atoms with Crippen LogP contribution in [0.5, 0.6) is 0 Å². The fourth-order valence-corrected chi connectivity index (χ4v) is 2.74. The average Bonchev–Trinajstić information content (AvgIpc) is 3.01. The van der Waals surface area contributed by atoms with Gasteiger partial charge in [0, 0.05) is 0 Å². The lowest BCUT2D eigenvalue weighted by atomic mass is 9.91. The molecule has 0 aromatic carbocycles. The summed E-state index contributed by atoms with van der Waals surface area (Å²) < 4.78 is 0. The molecule has 82 valence electrons. The Kier molecular flexibility index (Phi) is 3.86. The number of hydrogen-bond donors (Lipinski definition) is 1. The molecular formula is C13H24O. The summed E-state index contributed by atoms with van der Waals surface area (Å²) in [6, 6.07) is 0. The van der Waals surface area contributed by atoms with E-state index < -0.39 is 0 Å². The Morgan fingerprint density at radius 3 is 2.14 bits per heavy atom. The Bertz CT molecular complexity index is 155. The van der Waals surface area contributed by atoms with Crippen LogP contribution >= 0.6 is 0 Å². The van der Waals surface area contributed by atoms with Gasteiger partial charge in [-0.2, -0.15) is 0 Å². The normalized spacial score (nSPS) is 27.2. The van der Waals surface area contributed by atoms with Gasteiger partial charge in [0.05, 0.1) is 6.10 Å². The first-order valence-electron chi connectivity index (χ1n) is 6.54. The van der Waals surface area contributed by atoms with Crippen LogP contribution in [0.1, 0.15) is 64.2 Å². The van der Waals surface area contributed by atoms with E-state index in [9.17, 15) is 5.11 Å². The third kappa shape index (κ3) is 3.27. The smallest absolute Gasteiger partial charge is 0.0568 e. The molecule has 0 aromatic heterocycles. The fourth-order valence-electron chi connectivity index (χ4n) is 2.74. The predicted molar refractivity (Wildman–Crippen MR) is 59.2 cm³/mol. The molecule has 0 saturated heterocycles. The summed E-state index contributed by atoms with van der Waals surface area (Å²) >= 11 is 0. The quantitative estimate of drug-likeness (QED) is 0.682. The summed E-state index contributed by atoms with van der Waals surface area (Å²) in [6.45, 7) is 0. The lowest BCUT2D eigenvalue weighted by Gasteiger charge is -2.20. The molecule has 1 nitrogen and oxygen atoms in total. The minimum absolute atomic E-state index is 0.0219. The Balaban J connectivity index is 1.67. The SMILES string of the molecule is OC(CCC1CC1)C1CCCCCC1. The Hall–Kier alpha value is -0.0400. The largest absolute Gasteiger partial charge is 0.393 e. The van der Waals surface area contributed by atoms with E-state index in [1.807, 2.05) is 0 Å². The van der Waals surface area contributed by atoms with E-state index in [2.05, 4.69) is 0 Å². The second-order valence-electron chi connectivity index (χ2n) is 5.34. The van der Waals surface area contributed by atoms with Crippen molar-refractivity contribution >= 4 is 0 Å². The summed E-state index contributed by atoms with van der Waals surface area (Å²) in [7, 11) is 0. The average molecular weight is 196 g/mol. The lowest BCUT2D eigenvalue weighted by Crippen LogP contribution is -2.19. The summed E-state index contributed by atoms with van der Waals surface area (Å²) in [6.07, 6.45) is 13.3. The molecule has 1 N–H and O–H groups in total. The molecule has 14 heavy (non-hydrogen) atoms. The minimum Gasteiger partial charge on any atom is -0.393 e. The standard InChI is InChI=1S/C13H24O/c14-13(10-9-11-7-8-11)12-5-3-1-2-4-6-12/h11-14H,1-10H2. The molecular weight excluding hydrogens is 172 g/mol. The molecule has 2 aliphatic carbocycles. The number of hydrogen-bond acceptors (Lipinski definition) is 1. The molecule has 2 fully saturated rings. The van der Waals surface area contributed by atoms with Gasteiger partial charge in [0.2, 0.25) is 0 Å². The highest BCUT2D eigenvalue weighted by atomic mass is 16.3. The first-order chi connectivity index (χ1) is 6.86. The van der Waals surface area contributed by atoms with Crippen LogP contribution in [0.2, 0.25) is 0 Å². The fraction of sp³-hybridized carbons (Fsp3) is 1.00. The molecule has 0 aliphatic heterocycles. The molecule has 2 aliphatic rings. The highest BCUT2D eigenvalue weighted by Crippen LogP contribution is 2.35. The molecule has 0 amide bonds. The van der Waals surface area contributed by atoms with Gasteiger partial charge in [-0.3, -0.25) is 0 Å². The van der Waals surface area contributed by atoms with Gasteiger partial charge in [-0.1, -0.05) is 38.5 Å². The van der Waals surface area contributed by atoms with Gasteiger partial charge in [0.15, 0.2) is 0 Å². The zero-order valence-electron chi connectivity index (χ0n) is 9.25. The Morgan fingerprint density at radius 2 is 1.57 bits per heavy atom. The van der Waals surface area contributed by atoms with E-state index in [0.29, 0.717) is 5.92 Å². The van der Waals surface area contributed by atoms with Crippen molar-refractivity contribution in [2.45, 2.75) is 70.3 Å². The van der Waals surface area contributed by atoms with Crippen LogP contribution in [0.4, 0.5) is 0 Å². The third-order valence-corrected chi connectivity index (χ3v) is 4.01. The molecule has 0 radical (unpaired) electrons. The predicted octanol–water partition coefficient (Wildman–Crippen LogP) is 3.51. The van der Waals surface area contributed by atoms with Gasteiger partial charge in [-0.15, -0.1) is 0 Å². The number of aliphatic hydroxyl groups excluding tert-OH is 1. The summed E-state index contributed by atoms with van der Waals surface area (Å²) in [4.78, 5) is 0. The summed E-state index contributed by atoms with van der Waals surface area (Å²) in [5, 5.41) is 10.1. The maximum absolute atomic E-state index is 10.1. The van der Waals surface area contributed by atoms with Crippen LogP contribution in [-0.2, 0) is 0 Å². The Labute approximate surface area is 87.9 Å². The van der Waals surface area contributed by atoms with E-state index in [-0.39, 0.29) is 6.10 Å². The third-order valence-electron chi connectivity index (χ3n) is 4.01. The molecule has 2 rings (SSSR count). The molecule has 0 bridgehead atoms. The second kappa shape index (κ2) is 5.16. The van der Waals surface area contributed by atoms with Gasteiger partial charge < -0.3 is 5.11 Å². The van der Waals surface area contributed by atoms with Crippen LogP contribution < -0.4 is 0 Å². The van der Waals surface area contributed by atoms with Crippen molar-refractivity contribution in [3.63, 3.8) is 0 Å². The zero-order chi connectivity index (χ0) is 9.80. The van der Waals surface area contributed by atoms with E-state index in [1.54, 1.807) is 0 Å². The molecule has 0 heterocycles. The van der Waals surface area contributed by atoms with E-state index >= 15 is 0 Å². The zero-order valence-corrected chi connectivity index (χ0v) is 9.25. The molecule has 1 unspecified atom stereocenters. The molecule has 0 aromatic rings. The maximum atomic E-state index is 10.1. The van der Waals surface area contributed by atoms with Gasteiger partial charge in [-0.25, -0.2) is 0 Å². The van der Waals surface area contributed by atoms with Crippen molar-refractivity contribution in [3.05, 3.63) is 0 Å². The highest BCUT2D eigenvalue weighted by molar-refractivity contribution is 4.77. The molecule has 1 heteroatoms. The first kappa shape index (κ1) is 10.5. The van der Waals surface area contributed by atoms with Crippen molar-refractivity contribution in [2.75, 3.05) is 0 Å². The van der Waals surface area contributed by atoms with Crippen molar-refractivity contribution in [1.29, 1.82) is 0 Å². The summed E-state index contributed by atoms with van der Waals surface area (Å²) in [5.41, 5.74) is 0. The van der Waals surface area contributed by atoms with Crippen LogP contribution in [0.15, 0.2) is 0 Å². The van der Waals surface area contributed by atoms with Gasteiger partial charge in [-0.05, 0) is 37.5 Å². The lowest BCUT2D eigenvalue weighted by molar-refractivity contribution is 0.0866. The van der Waals surface area contributed by atoms with Crippen molar-refractivity contribution < 1.29 is 5.11 Å². The van der Waals surface area contributed by atoms with E-state index in [1.165, 1.54) is 57.8 Å². The molecule has 2 saturated carbocycles. The molecule has 0 spiro atoms. The monoisotopic (exact) mass is 196 g/mol. The van der Waals surface area contributed by atoms with Crippen LogP contribution in [0.3, 0.4) is 0 Å². The topological polar surface area (TPSA) is 20.2 Å². The Morgan fingerprint density at radius 1 is 0.929 bits per heavy atom. The maximum Gasteiger partial charge on any atom is 0.0568 e. The van der Waals surface area contributed by atoms with Gasteiger partial charge in [0.25, 0.3) is 0 Å². The van der Waals surface area contributed by atoms with Crippen molar-refractivity contribution in [2.24, 2.45) is 11.8 Å². The number of aliphatic hydroxyl groups is 1. The molecule has 1 atom stereocenters. The van der Waals surface area contributed by atoms with E-state index in [4.69, 9.17) is 0 Å². The highest BCUT2D eigenvalue weighted by Gasteiger charge is 2.25. The van der Waals surface area contributed by atoms with Gasteiger partial charge >= 0.3 is 0 Å². The number of rotatable bonds is 4. The van der Waals surface area contributed by atoms with Crippen LogP contribution in [0.25, 0.3) is 0 Å². The first-order valence-corrected chi connectivity index (χ1v) is 6.54. The van der Waals surface area contributed by atoms with Crippen molar-refractivity contribution in [1.82, 2.24) is 0 Å². The second-order valence-corrected chi connectivity index (χ2v) is 5.34. The summed E-state index contributed by atoms with van der Waals surface area (Å²) in [5.74, 6) is 1.62.